The van der Waals surface area contributed by atoms with Crippen LogP contribution in [0.1, 0.15) is 39.0 Å². The Morgan fingerprint density at radius 1 is 1.47 bits per heavy atom. The molecular formula is C12H25ClN2O2. The smallest absolute Gasteiger partial charge is 0.223 e. The summed E-state index contributed by atoms with van der Waals surface area (Å²) < 4.78 is 5.21. The van der Waals surface area contributed by atoms with Crippen LogP contribution in [0.25, 0.3) is 0 Å². The van der Waals surface area contributed by atoms with Crippen molar-refractivity contribution in [1.29, 1.82) is 0 Å². The van der Waals surface area contributed by atoms with Gasteiger partial charge < -0.3 is 15.8 Å². The van der Waals surface area contributed by atoms with Gasteiger partial charge in [0, 0.05) is 31.7 Å². The second-order valence-electron chi connectivity index (χ2n) is 4.47. The molecule has 4 nitrogen and oxygen atoms in total. The van der Waals surface area contributed by atoms with Crippen LogP contribution in [0.4, 0.5) is 0 Å². The maximum absolute atomic E-state index is 11.8. The van der Waals surface area contributed by atoms with Gasteiger partial charge in [0.05, 0.1) is 0 Å². The molecule has 1 amide bonds. The molecular weight excluding hydrogens is 240 g/mol. The van der Waals surface area contributed by atoms with Crippen LogP contribution in [0.3, 0.4) is 0 Å². The highest BCUT2D eigenvalue weighted by atomic mass is 35.5. The zero-order valence-corrected chi connectivity index (χ0v) is 11.4. The lowest BCUT2D eigenvalue weighted by Crippen LogP contribution is -2.38. The Morgan fingerprint density at radius 3 is 2.88 bits per heavy atom. The molecule has 1 aliphatic carbocycles. The Morgan fingerprint density at radius 2 is 2.24 bits per heavy atom. The number of rotatable bonds is 6. The van der Waals surface area contributed by atoms with E-state index in [0.717, 1.165) is 45.3 Å². The molecule has 0 saturated heterocycles. The molecule has 1 saturated carbocycles. The second-order valence-corrected chi connectivity index (χ2v) is 4.47. The van der Waals surface area contributed by atoms with E-state index < -0.39 is 0 Å². The maximum atomic E-state index is 11.8. The Hall–Kier alpha value is -0.320. The van der Waals surface area contributed by atoms with Gasteiger partial charge in [0.2, 0.25) is 5.91 Å². The third-order valence-corrected chi connectivity index (χ3v) is 3.05. The fraction of sp³-hybridized carbons (Fsp3) is 0.917. The van der Waals surface area contributed by atoms with Gasteiger partial charge in [0.25, 0.3) is 0 Å². The van der Waals surface area contributed by atoms with Crippen LogP contribution in [-0.2, 0) is 9.53 Å². The summed E-state index contributed by atoms with van der Waals surface area (Å²) in [5.74, 6) is 0.308. The molecule has 2 unspecified atom stereocenters. The summed E-state index contributed by atoms with van der Waals surface area (Å²) in [4.78, 5) is 11.8. The van der Waals surface area contributed by atoms with Crippen LogP contribution < -0.4 is 11.1 Å². The summed E-state index contributed by atoms with van der Waals surface area (Å²) in [6, 6.07) is 0.216. The molecule has 0 aromatic carbocycles. The summed E-state index contributed by atoms with van der Waals surface area (Å²) in [5, 5.41) is 2.96. The van der Waals surface area contributed by atoms with Crippen molar-refractivity contribution in [3.63, 3.8) is 0 Å². The zero-order chi connectivity index (χ0) is 11.8. The van der Waals surface area contributed by atoms with Crippen LogP contribution in [0.15, 0.2) is 0 Å². The number of nitrogens with two attached hydrogens (primary N) is 1. The van der Waals surface area contributed by atoms with E-state index in [1.165, 1.54) is 0 Å². The van der Waals surface area contributed by atoms with Gasteiger partial charge in [-0.25, -0.2) is 0 Å². The number of halogens is 1. The summed E-state index contributed by atoms with van der Waals surface area (Å²) in [5.41, 5.74) is 5.86. The molecule has 0 aromatic rings. The molecule has 5 heteroatoms. The molecule has 0 heterocycles. The highest BCUT2D eigenvalue weighted by Gasteiger charge is 2.24. The largest absolute Gasteiger partial charge is 0.382 e. The van der Waals surface area contributed by atoms with Gasteiger partial charge in [-0.1, -0.05) is 6.42 Å². The predicted molar refractivity (Wildman–Crippen MR) is 71.3 cm³/mol. The Bertz CT molecular complexity index is 215. The van der Waals surface area contributed by atoms with Gasteiger partial charge in [0.1, 0.15) is 0 Å². The average molecular weight is 265 g/mol. The molecule has 17 heavy (non-hydrogen) atoms. The van der Waals surface area contributed by atoms with Crippen molar-refractivity contribution in [2.45, 2.75) is 45.1 Å². The topological polar surface area (TPSA) is 64.3 Å². The summed E-state index contributed by atoms with van der Waals surface area (Å²) >= 11 is 0. The van der Waals surface area contributed by atoms with E-state index in [0.29, 0.717) is 6.54 Å². The minimum absolute atomic E-state index is 0. The fourth-order valence-corrected chi connectivity index (χ4v) is 2.14. The minimum atomic E-state index is 0. The van der Waals surface area contributed by atoms with E-state index in [1.54, 1.807) is 0 Å². The number of carbonyl (C=O) groups is 1. The molecule has 3 N–H and O–H groups in total. The maximum Gasteiger partial charge on any atom is 0.223 e. The van der Waals surface area contributed by atoms with Gasteiger partial charge in [0.15, 0.2) is 0 Å². The number of carbonyl (C=O) groups excluding carboxylic acids is 1. The van der Waals surface area contributed by atoms with Crippen LogP contribution in [-0.4, -0.2) is 31.7 Å². The summed E-state index contributed by atoms with van der Waals surface area (Å²) in [7, 11) is 0. The lowest BCUT2D eigenvalue weighted by molar-refractivity contribution is -0.126. The van der Waals surface area contributed by atoms with Gasteiger partial charge >= 0.3 is 0 Å². The van der Waals surface area contributed by atoms with Crippen molar-refractivity contribution in [3.8, 4) is 0 Å². The van der Waals surface area contributed by atoms with Crippen LogP contribution >= 0.6 is 12.4 Å². The number of nitrogens with one attached hydrogen (secondary N) is 1. The molecule has 1 aliphatic rings. The van der Waals surface area contributed by atoms with E-state index in [9.17, 15) is 4.79 Å². The molecule has 0 bridgehead atoms. The molecule has 1 fully saturated rings. The first-order chi connectivity index (χ1) is 7.74. The normalized spacial score (nSPS) is 23.9. The van der Waals surface area contributed by atoms with Gasteiger partial charge in [-0.15, -0.1) is 12.4 Å². The van der Waals surface area contributed by atoms with Crippen molar-refractivity contribution in [2.24, 2.45) is 11.7 Å². The Labute approximate surface area is 110 Å². The van der Waals surface area contributed by atoms with Crippen molar-refractivity contribution < 1.29 is 9.53 Å². The summed E-state index contributed by atoms with van der Waals surface area (Å²) in [6.07, 6.45) is 4.87. The van der Waals surface area contributed by atoms with E-state index >= 15 is 0 Å². The molecule has 0 aliphatic heterocycles. The molecule has 0 radical (unpaired) electrons. The van der Waals surface area contributed by atoms with Gasteiger partial charge in [-0.05, 0) is 32.6 Å². The fourth-order valence-electron chi connectivity index (χ4n) is 2.14. The number of amides is 1. The third kappa shape index (κ3) is 6.86. The Balaban J connectivity index is 0.00000256. The lowest BCUT2D eigenvalue weighted by atomic mass is 9.85. The molecule has 102 valence electrons. The number of ether oxygens (including phenoxy) is 1. The first-order valence-electron chi connectivity index (χ1n) is 6.35. The molecule has 0 aromatic heterocycles. The standard InChI is InChI=1S/C12H24N2O2.ClH/c1-2-16-8-4-7-14-12(15)10-5-3-6-11(13)9-10;/h10-11H,2-9,13H2,1H3,(H,14,15);1H. The van der Waals surface area contributed by atoms with E-state index in [-0.39, 0.29) is 30.3 Å². The summed E-state index contributed by atoms with van der Waals surface area (Å²) in [6.45, 7) is 4.15. The molecule has 1 rings (SSSR count). The quantitative estimate of drug-likeness (QED) is 0.714. The first-order valence-corrected chi connectivity index (χ1v) is 6.35. The van der Waals surface area contributed by atoms with Crippen molar-refractivity contribution >= 4 is 18.3 Å². The monoisotopic (exact) mass is 264 g/mol. The number of hydrogen-bond donors (Lipinski definition) is 2. The van der Waals surface area contributed by atoms with Crippen molar-refractivity contribution in [3.05, 3.63) is 0 Å². The lowest BCUT2D eigenvalue weighted by Gasteiger charge is -2.25. The second kappa shape index (κ2) is 9.68. The number of hydrogen-bond acceptors (Lipinski definition) is 3. The minimum Gasteiger partial charge on any atom is -0.382 e. The van der Waals surface area contributed by atoms with Crippen LogP contribution in [0, 0.1) is 5.92 Å². The SMILES string of the molecule is CCOCCCNC(=O)C1CCCC(N)C1.Cl. The van der Waals surface area contributed by atoms with E-state index in [4.69, 9.17) is 10.5 Å². The molecule has 2 atom stereocenters. The highest BCUT2D eigenvalue weighted by Crippen LogP contribution is 2.22. The average Bonchev–Trinajstić information content (AvgIpc) is 2.28. The Kier molecular flexibility index (Phi) is 9.50. The predicted octanol–water partition coefficient (Wildman–Crippen LogP) is 1.47. The third-order valence-electron chi connectivity index (χ3n) is 3.05. The van der Waals surface area contributed by atoms with Crippen molar-refractivity contribution in [1.82, 2.24) is 5.32 Å². The first kappa shape index (κ1) is 16.7. The van der Waals surface area contributed by atoms with E-state index in [1.807, 2.05) is 6.92 Å². The molecule has 0 spiro atoms. The van der Waals surface area contributed by atoms with Crippen molar-refractivity contribution in [2.75, 3.05) is 19.8 Å². The van der Waals surface area contributed by atoms with Gasteiger partial charge in [-0.3, -0.25) is 4.79 Å². The zero-order valence-electron chi connectivity index (χ0n) is 10.6. The van der Waals surface area contributed by atoms with Crippen LogP contribution in [0.2, 0.25) is 0 Å². The van der Waals surface area contributed by atoms with E-state index in [2.05, 4.69) is 5.32 Å². The van der Waals surface area contributed by atoms with Gasteiger partial charge in [-0.2, -0.15) is 0 Å². The highest BCUT2D eigenvalue weighted by molar-refractivity contribution is 5.85. The van der Waals surface area contributed by atoms with Crippen LogP contribution in [0.5, 0.6) is 0 Å².